The number of para-hydroxylation sites is 1. The summed E-state index contributed by atoms with van der Waals surface area (Å²) in [6.07, 6.45) is 1.27. The summed E-state index contributed by atoms with van der Waals surface area (Å²) in [7, 11) is 1.72. The van der Waals surface area contributed by atoms with Crippen LogP contribution >= 0.6 is 0 Å². The lowest BCUT2D eigenvalue weighted by atomic mass is 9.87. The summed E-state index contributed by atoms with van der Waals surface area (Å²) in [5, 5.41) is 0. The topological polar surface area (TPSA) is 63.0 Å². The quantitative estimate of drug-likeness (QED) is 0.293. The summed E-state index contributed by atoms with van der Waals surface area (Å²) in [6.45, 7) is 4.85. The largest absolute Gasteiger partial charge is 0.486 e. The zero-order chi connectivity index (χ0) is 26.6. The van der Waals surface area contributed by atoms with E-state index in [0.717, 1.165) is 23.2 Å². The zero-order valence-corrected chi connectivity index (χ0v) is 22.0. The third-order valence-corrected chi connectivity index (χ3v) is 7.06. The van der Waals surface area contributed by atoms with Crippen molar-refractivity contribution in [1.29, 1.82) is 0 Å². The highest BCUT2D eigenvalue weighted by atomic mass is 16.5. The van der Waals surface area contributed by atoms with E-state index >= 15 is 0 Å². The number of anilines is 1. The molecule has 0 spiro atoms. The van der Waals surface area contributed by atoms with Crippen molar-refractivity contribution in [1.82, 2.24) is 4.90 Å². The second-order valence-electron chi connectivity index (χ2n) is 9.62. The smallest absolute Gasteiger partial charge is 0.293 e. The first kappa shape index (κ1) is 25.3. The standard InChI is InChI=1S/C32H32N2O4/c1-4-30(35)34-19-18-23-14-15-26(20-28(23)31(34)24-12-10-22(2)11-13-24)37-21-27-16-17-29(38-27)32(36)33(3)25-8-6-5-7-9-25/h5-17,20,31H,4,18-19,21H2,1-3H3/t31-/m1/s1. The molecule has 0 N–H and O–H groups in total. The highest BCUT2D eigenvalue weighted by Gasteiger charge is 2.31. The molecule has 0 saturated carbocycles. The van der Waals surface area contributed by atoms with Gasteiger partial charge in [-0.2, -0.15) is 0 Å². The molecule has 0 radical (unpaired) electrons. The molecule has 194 valence electrons. The second-order valence-corrected chi connectivity index (χ2v) is 9.62. The van der Waals surface area contributed by atoms with E-state index in [2.05, 4.69) is 37.3 Å². The maximum absolute atomic E-state index is 12.9. The van der Waals surface area contributed by atoms with Crippen LogP contribution in [0.2, 0.25) is 0 Å². The van der Waals surface area contributed by atoms with E-state index in [0.29, 0.717) is 24.5 Å². The molecule has 0 saturated heterocycles. The average Bonchev–Trinajstić information content (AvgIpc) is 3.44. The number of hydrogen-bond acceptors (Lipinski definition) is 4. The lowest BCUT2D eigenvalue weighted by Crippen LogP contribution is -2.40. The predicted octanol–water partition coefficient (Wildman–Crippen LogP) is 6.33. The van der Waals surface area contributed by atoms with Crippen LogP contribution in [0.15, 0.2) is 89.3 Å². The van der Waals surface area contributed by atoms with Gasteiger partial charge in [0.1, 0.15) is 18.1 Å². The zero-order valence-electron chi connectivity index (χ0n) is 22.0. The molecule has 0 aliphatic carbocycles. The molecule has 0 bridgehead atoms. The molecule has 1 aromatic heterocycles. The maximum atomic E-state index is 12.9. The molecule has 2 amide bonds. The highest BCUT2D eigenvalue weighted by Crippen LogP contribution is 2.37. The number of furan rings is 1. The van der Waals surface area contributed by atoms with Crippen LogP contribution in [-0.2, 0) is 17.8 Å². The van der Waals surface area contributed by atoms with E-state index in [1.165, 1.54) is 11.1 Å². The van der Waals surface area contributed by atoms with Crippen LogP contribution in [-0.4, -0.2) is 30.3 Å². The third kappa shape index (κ3) is 5.21. The molecule has 1 aliphatic rings. The van der Waals surface area contributed by atoms with Gasteiger partial charge in [-0.1, -0.05) is 61.0 Å². The number of benzene rings is 3. The number of hydrogen-bond donors (Lipinski definition) is 0. The van der Waals surface area contributed by atoms with Gasteiger partial charge >= 0.3 is 0 Å². The lowest BCUT2D eigenvalue weighted by Gasteiger charge is -2.38. The minimum absolute atomic E-state index is 0.140. The van der Waals surface area contributed by atoms with Crippen molar-refractivity contribution < 1.29 is 18.7 Å². The second kappa shape index (κ2) is 11.0. The number of amides is 2. The Morgan fingerprint density at radius 1 is 1.00 bits per heavy atom. The lowest BCUT2D eigenvalue weighted by molar-refractivity contribution is -0.132. The summed E-state index contributed by atoms with van der Waals surface area (Å²) in [6, 6.07) is 27.2. The van der Waals surface area contributed by atoms with Gasteiger partial charge in [-0.05, 0) is 66.4 Å². The monoisotopic (exact) mass is 508 g/mol. The predicted molar refractivity (Wildman–Crippen MR) is 147 cm³/mol. The SMILES string of the molecule is CCC(=O)N1CCc2ccc(OCc3ccc(C(=O)N(C)c4ccccc4)o3)cc2[C@H]1c1ccc(C)cc1. The van der Waals surface area contributed by atoms with Gasteiger partial charge in [-0.3, -0.25) is 9.59 Å². The van der Waals surface area contributed by atoms with Gasteiger partial charge in [-0.25, -0.2) is 0 Å². The Bertz CT molecular complexity index is 1430. The number of nitrogens with zero attached hydrogens (tertiary/aromatic N) is 2. The van der Waals surface area contributed by atoms with Crippen molar-refractivity contribution in [2.45, 2.75) is 39.3 Å². The fraction of sp³-hybridized carbons (Fsp3) is 0.250. The number of fused-ring (bicyclic) bond motifs is 1. The first-order valence-corrected chi connectivity index (χ1v) is 13.0. The molecule has 0 unspecified atom stereocenters. The number of ether oxygens (including phenoxy) is 1. The van der Waals surface area contributed by atoms with E-state index < -0.39 is 0 Å². The van der Waals surface area contributed by atoms with Gasteiger partial charge in [0.05, 0.1) is 6.04 Å². The summed E-state index contributed by atoms with van der Waals surface area (Å²) in [5.74, 6) is 1.43. The van der Waals surface area contributed by atoms with Crippen molar-refractivity contribution in [3.63, 3.8) is 0 Å². The van der Waals surface area contributed by atoms with Crippen LogP contribution in [0.3, 0.4) is 0 Å². The molecule has 3 aromatic carbocycles. The number of rotatable bonds is 7. The highest BCUT2D eigenvalue weighted by molar-refractivity contribution is 6.03. The molecule has 5 rings (SSSR count). The average molecular weight is 509 g/mol. The van der Waals surface area contributed by atoms with Crippen LogP contribution in [0, 0.1) is 6.92 Å². The minimum Gasteiger partial charge on any atom is -0.486 e. The molecule has 1 aliphatic heterocycles. The van der Waals surface area contributed by atoms with E-state index in [1.807, 2.05) is 54.3 Å². The molecule has 6 nitrogen and oxygen atoms in total. The Labute approximate surface area is 223 Å². The fourth-order valence-electron chi connectivity index (χ4n) is 4.92. The maximum Gasteiger partial charge on any atom is 0.293 e. The van der Waals surface area contributed by atoms with Gasteiger partial charge in [0.2, 0.25) is 5.91 Å². The van der Waals surface area contributed by atoms with Crippen LogP contribution in [0.25, 0.3) is 0 Å². The fourth-order valence-corrected chi connectivity index (χ4v) is 4.92. The summed E-state index contributed by atoms with van der Waals surface area (Å²) in [5.41, 5.74) is 5.37. The molecule has 1 atom stereocenters. The molecule has 2 heterocycles. The van der Waals surface area contributed by atoms with Crippen LogP contribution < -0.4 is 9.64 Å². The van der Waals surface area contributed by atoms with Gasteiger partial charge in [-0.15, -0.1) is 0 Å². The van der Waals surface area contributed by atoms with Crippen molar-refractivity contribution >= 4 is 17.5 Å². The van der Waals surface area contributed by atoms with Crippen LogP contribution in [0.4, 0.5) is 5.69 Å². The molecule has 38 heavy (non-hydrogen) atoms. The third-order valence-electron chi connectivity index (χ3n) is 7.06. The van der Waals surface area contributed by atoms with E-state index in [9.17, 15) is 9.59 Å². The molecule has 6 heteroatoms. The summed E-state index contributed by atoms with van der Waals surface area (Å²) < 4.78 is 11.9. The van der Waals surface area contributed by atoms with Gasteiger partial charge in [0, 0.05) is 25.7 Å². The number of carbonyl (C=O) groups excluding carboxylic acids is 2. The molecular formula is C32H32N2O4. The van der Waals surface area contributed by atoms with Crippen LogP contribution in [0.1, 0.15) is 58.0 Å². The van der Waals surface area contributed by atoms with Gasteiger partial charge < -0.3 is 19.0 Å². The molecule has 4 aromatic rings. The van der Waals surface area contributed by atoms with Gasteiger partial charge in [0.25, 0.3) is 5.91 Å². The van der Waals surface area contributed by atoms with Crippen LogP contribution in [0.5, 0.6) is 5.75 Å². The Morgan fingerprint density at radius 2 is 1.76 bits per heavy atom. The van der Waals surface area contributed by atoms with Crippen molar-refractivity contribution in [2.24, 2.45) is 0 Å². The van der Waals surface area contributed by atoms with E-state index in [1.54, 1.807) is 24.1 Å². The first-order chi connectivity index (χ1) is 18.4. The minimum atomic E-state index is -0.224. The Hall–Kier alpha value is -4.32. The van der Waals surface area contributed by atoms with Crippen molar-refractivity contribution in [2.75, 3.05) is 18.5 Å². The van der Waals surface area contributed by atoms with Crippen molar-refractivity contribution in [3.8, 4) is 5.75 Å². The Kier molecular flexibility index (Phi) is 7.31. The van der Waals surface area contributed by atoms with E-state index in [-0.39, 0.29) is 30.2 Å². The molecular weight excluding hydrogens is 476 g/mol. The summed E-state index contributed by atoms with van der Waals surface area (Å²) in [4.78, 5) is 29.3. The van der Waals surface area contributed by atoms with Crippen molar-refractivity contribution in [3.05, 3.63) is 119 Å². The Balaban J connectivity index is 1.34. The first-order valence-electron chi connectivity index (χ1n) is 13.0. The molecule has 0 fully saturated rings. The van der Waals surface area contributed by atoms with E-state index in [4.69, 9.17) is 9.15 Å². The Morgan fingerprint density at radius 3 is 2.50 bits per heavy atom. The number of carbonyl (C=O) groups is 2. The summed E-state index contributed by atoms with van der Waals surface area (Å²) >= 11 is 0. The normalized spacial score (nSPS) is 14.6. The van der Waals surface area contributed by atoms with Gasteiger partial charge in [0.15, 0.2) is 5.76 Å². The number of aryl methyl sites for hydroxylation is 1.